The highest BCUT2D eigenvalue weighted by atomic mass is 16.4. The van der Waals surface area contributed by atoms with Crippen LogP contribution in [0.1, 0.15) is 23.3 Å². The van der Waals surface area contributed by atoms with Gasteiger partial charge in [0, 0.05) is 12.2 Å². The maximum absolute atomic E-state index is 11.8. The zero-order chi connectivity index (χ0) is 10.8. The van der Waals surface area contributed by atoms with E-state index in [2.05, 4.69) is 10.2 Å². The van der Waals surface area contributed by atoms with E-state index in [1.807, 2.05) is 0 Å². The summed E-state index contributed by atoms with van der Waals surface area (Å²) in [5.41, 5.74) is 0.336. The van der Waals surface area contributed by atoms with Gasteiger partial charge in [-0.05, 0) is 18.9 Å². The van der Waals surface area contributed by atoms with Gasteiger partial charge >= 0.3 is 5.97 Å². The molecule has 80 valence electrons. The van der Waals surface area contributed by atoms with Crippen LogP contribution in [0.3, 0.4) is 0 Å². The van der Waals surface area contributed by atoms with E-state index in [1.54, 1.807) is 6.07 Å². The van der Waals surface area contributed by atoms with E-state index in [1.165, 1.54) is 11.1 Å². The second kappa shape index (κ2) is 3.72. The summed E-state index contributed by atoms with van der Waals surface area (Å²) < 4.78 is 0. The summed E-state index contributed by atoms with van der Waals surface area (Å²) in [6, 6.07) is 1.62. The Morgan fingerprint density at radius 2 is 2.33 bits per heavy atom. The van der Waals surface area contributed by atoms with Crippen LogP contribution in [-0.4, -0.2) is 44.7 Å². The third-order valence-corrected chi connectivity index (χ3v) is 2.29. The van der Waals surface area contributed by atoms with Crippen LogP contribution in [0.15, 0.2) is 12.3 Å². The molecule has 0 saturated heterocycles. The maximum atomic E-state index is 11.8. The lowest BCUT2D eigenvalue weighted by Gasteiger charge is -2.18. The highest BCUT2D eigenvalue weighted by molar-refractivity contribution is 5.94. The van der Waals surface area contributed by atoms with E-state index in [4.69, 9.17) is 5.11 Å². The van der Waals surface area contributed by atoms with Gasteiger partial charge in [0.1, 0.15) is 12.2 Å². The molecule has 15 heavy (non-hydrogen) atoms. The van der Waals surface area contributed by atoms with E-state index < -0.39 is 5.97 Å². The van der Waals surface area contributed by atoms with Gasteiger partial charge in [-0.25, -0.2) is 0 Å². The summed E-state index contributed by atoms with van der Waals surface area (Å²) in [4.78, 5) is 23.8. The monoisotopic (exact) mass is 209 g/mol. The lowest BCUT2D eigenvalue weighted by molar-refractivity contribution is -0.137. The number of aromatic nitrogens is 2. The minimum absolute atomic E-state index is 0.0805. The smallest absolute Gasteiger partial charge is 0.323 e. The van der Waals surface area contributed by atoms with Crippen LogP contribution in [0.25, 0.3) is 0 Å². The fourth-order valence-corrected chi connectivity index (χ4v) is 1.43. The number of hydrogen-bond acceptors (Lipinski definition) is 3. The minimum atomic E-state index is -0.991. The Morgan fingerprint density at radius 1 is 1.60 bits per heavy atom. The molecule has 0 aliphatic heterocycles. The molecule has 0 bridgehead atoms. The highest BCUT2D eigenvalue weighted by Gasteiger charge is 2.34. The van der Waals surface area contributed by atoms with Crippen molar-refractivity contribution >= 4 is 11.9 Å². The number of amides is 1. The van der Waals surface area contributed by atoms with Crippen molar-refractivity contribution in [2.75, 3.05) is 6.54 Å². The van der Waals surface area contributed by atoms with E-state index in [-0.39, 0.29) is 18.5 Å². The standard InChI is InChI=1S/C9H11N3O3/c13-8(14)5-12(6-1-2-6)9(15)7-3-4-10-11-7/h3-4,6H,1-2,5H2,(H,10,11)(H,13,14). The van der Waals surface area contributed by atoms with Gasteiger partial charge in [-0.2, -0.15) is 5.10 Å². The molecule has 1 amide bonds. The van der Waals surface area contributed by atoms with Gasteiger partial charge in [0.05, 0.1) is 0 Å². The number of carboxylic acid groups (broad SMARTS) is 1. The van der Waals surface area contributed by atoms with Crippen molar-refractivity contribution in [3.63, 3.8) is 0 Å². The van der Waals surface area contributed by atoms with Crippen LogP contribution in [-0.2, 0) is 4.79 Å². The molecule has 1 aliphatic carbocycles. The first-order valence-electron chi connectivity index (χ1n) is 4.70. The van der Waals surface area contributed by atoms with Crippen LogP contribution < -0.4 is 0 Å². The maximum Gasteiger partial charge on any atom is 0.323 e. The van der Waals surface area contributed by atoms with Crippen LogP contribution in [0.5, 0.6) is 0 Å². The van der Waals surface area contributed by atoms with E-state index >= 15 is 0 Å². The number of rotatable bonds is 4. The molecule has 1 aliphatic rings. The Labute approximate surface area is 85.9 Å². The van der Waals surface area contributed by atoms with Crippen molar-refractivity contribution in [2.24, 2.45) is 0 Å². The third-order valence-electron chi connectivity index (χ3n) is 2.29. The second-order valence-electron chi connectivity index (χ2n) is 3.53. The van der Waals surface area contributed by atoms with Crippen molar-refractivity contribution in [1.82, 2.24) is 15.1 Å². The Bertz CT molecular complexity index is 370. The summed E-state index contributed by atoms with van der Waals surface area (Å²) in [5.74, 6) is -1.29. The number of carbonyl (C=O) groups is 2. The van der Waals surface area contributed by atoms with Gasteiger partial charge in [-0.3, -0.25) is 14.7 Å². The summed E-state index contributed by atoms with van der Waals surface area (Å²) in [7, 11) is 0. The summed E-state index contributed by atoms with van der Waals surface area (Å²) in [5, 5.41) is 14.9. The predicted molar refractivity (Wildman–Crippen MR) is 50.3 cm³/mol. The number of hydrogen-bond donors (Lipinski definition) is 2. The molecule has 6 nitrogen and oxygen atoms in total. The lowest BCUT2D eigenvalue weighted by atomic mass is 10.3. The Balaban J connectivity index is 2.10. The van der Waals surface area contributed by atoms with E-state index in [0.29, 0.717) is 5.69 Å². The molecule has 6 heteroatoms. The summed E-state index contributed by atoms with van der Waals surface area (Å²) in [6.07, 6.45) is 3.24. The van der Waals surface area contributed by atoms with Gasteiger partial charge in [0.15, 0.2) is 0 Å². The molecule has 1 aromatic heterocycles. The zero-order valence-electron chi connectivity index (χ0n) is 8.01. The molecule has 1 saturated carbocycles. The second-order valence-corrected chi connectivity index (χ2v) is 3.53. The first kappa shape index (κ1) is 9.70. The van der Waals surface area contributed by atoms with Crippen molar-refractivity contribution in [3.05, 3.63) is 18.0 Å². The number of H-pyrrole nitrogens is 1. The quantitative estimate of drug-likeness (QED) is 0.736. The number of aromatic amines is 1. The normalized spacial score (nSPS) is 14.9. The molecular formula is C9H11N3O3. The Hall–Kier alpha value is -1.85. The molecule has 0 spiro atoms. The minimum Gasteiger partial charge on any atom is -0.480 e. The van der Waals surface area contributed by atoms with Gasteiger partial charge in [0.25, 0.3) is 5.91 Å². The van der Waals surface area contributed by atoms with Crippen LogP contribution in [0.4, 0.5) is 0 Å². The number of aliphatic carboxylic acids is 1. The van der Waals surface area contributed by atoms with Crippen molar-refractivity contribution in [2.45, 2.75) is 18.9 Å². The molecule has 0 atom stereocenters. The molecule has 0 aromatic carbocycles. The van der Waals surface area contributed by atoms with Crippen LogP contribution >= 0.6 is 0 Å². The van der Waals surface area contributed by atoms with Crippen molar-refractivity contribution in [1.29, 1.82) is 0 Å². The molecule has 2 N–H and O–H groups in total. The van der Waals surface area contributed by atoms with Gasteiger partial charge in [-0.15, -0.1) is 0 Å². The molecule has 1 fully saturated rings. The summed E-state index contributed by atoms with van der Waals surface area (Å²) >= 11 is 0. The SMILES string of the molecule is O=C(O)CN(C(=O)c1ccn[nH]1)C1CC1. The first-order chi connectivity index (χ1) is 7.18. The van der Waals surface area contributed by atoms with E-state index in [9.17, 15) is 9.59 Å². The molecule has 1 aromatic rings. The van der Waals surface area contributed by atoms with Crippen LogP contribution in [0.2, 0.25) is 0 Å². The largest absolute Gasteiger partial charge is 0.480 e. The van der Waals surface area contributed by atoms with E-state index in [0.717, 1.165) is 12.8 Å². The Morgan fingerprint density at radius 3 is 2.80 bits per heavy atom. The Kier molecular flexibility index (Phi) is 2.40. The predicted octanol–water partition coefficient (Wildman–Crippen LogP) is 0.0989. The topological polar surface area (TPSA) is 86.3 Å². The molecule has 1 heterocycles. The number of nitrogens with one attached hydrogen (secondary N) is 1. The third kappa shape index (κ3) is 2.15. The fourth-order valence-electron chi connectivity index (χ4n) is 1.43. The van der Waals surface area contributed by atoms with Gasteiger partial charge in [0.2, 0.25) is 0 Å². The average Bonchev–Trinajstić information content (AvgIpc) is 2.88. The zero-order valence-corrected chi connectivity index (χ0v) is 8.01. The summed E-state index contributed by atoms with van der Waals surface area (Å²) in [6.45, 7) is -0.248. The molecular weight excluding hydrogens is 198 g/mol. The lowest BCUT2D eigenvalue weighted by Crippen LogP contribution is -2.37. The molecule has 2 rings (SSSR count). The van der Waals surface area contributed by atoms with Crippen molar-refractivity contribution < 1.29 is 14.7 Å². The molecule has 0 radical (unpaired) electrons. The number of carbonyl (C=O) groups excluding carboxylic acids is 1. The fraction of sp³-hybridized carbons (Fsp3) is 0.444. The highest BCUT2D eigenvalue weighted by Crippen LogP contribution is 2.27. The van der Waals surface area contributed by atoms with Gasteiger partial charge < -0.3 is 10.0 Å². The van der Waals surface area contributed by atoms with Crippen molar-refractivity contribution in [3.8, 4) is 0 Å². The van der Waals surface area contributed by atoms with Gasteiger partial charge in [-0.1, -0.05) is 0 Å². The number of carboxylic acids is 1. The molecule has 0 unspecified atom stereocenters. The van der Waals surface area contributed by atoms with Crippen LogP contribution in [0, 0.1) is 0 Å². The number of nitrogens with zero attached hydrogens (tertiary/aromatic N) is 2. The average molecular weight is 209 g/mol. The first-order valence-corrected chi connectivity index (χ1v) is 4.70.